The minimum Gasteiger partial charge on any atom is -0.336 e. The molecule has 3 amide bonds. The summed E-state index contributed by atoms with van der Waals surface area (Å²) in [4.78, 5) is 30.3. The van der Waals surface area contributed by atoms with Gasteiger partial charge in [0.1, 0.15) is 6.04 Å². The van der Waals surface area contributed by atoms with E-state index in [0.717, 1.165) is 11.1 Å². The van der Waals surface area contributed by atoms with E-state index in [0.29, 0.717) is 26.1 Å². The third kappa shape index (κ3) is 4.56. The predicted molar refractivity (Wildman–Crippen MR) is 94.6 cm³/mol. The van der Waals surface area contributed by atoms with Gasteiger partial charge < -0.3 is 15.5 Å². The van der Waals surface area contributed by atoms with E-state index >= 15 is 0 Å². The highest BCUT2D eigenvalue weighted by Gasteiger charge is 2.32. The van der Waals surface area contributed by atoms with Crippen LogP contribution in [0.25, 0.3) is 0 Å². The first-order chi connectivity index (χ1) is 12.1. The molecule has 0 bridgehead atoms. The van der Waals surface area contributed by atoms with Crippen molar-refractivity contribution < 1.29 is 9.59 Å². The second-order valence-corrected chi connectivity index (χ2v) is 6.27. The minimum absolute atomic E-state index is 0.0305. The number of hydrogen-bond donors (Lipinski definition) is 2. The van der Waals surface area contributed by atoms with Gasteiger partial charge in [-0.2, -0.15) is 0 Å². The van der Waals surface area contributed by atoms with E-state index in [9.17, 15) is 9.59 Å². The zero-order valence-electron chi connectivity index (χ0n) is 14.2. The fourth-order valence-electron chi connectivity index (χ4n) is 2.84. The number of nitrogens with one attached hydrogen (secondary N) is 2. The average molecular weight is 338 g/mol. The van der Waals surface area contributed by atoms with Crippen molar-refractivity contribution in [2.45, 2.75) is 32.5 Å². The van der Waals surface area contributed by atoms with Gasteiger partial charge in [0.2, 0.25) is 5.91 Å². The largest absolute Gasteiger partial charge is 0.336 e. The van der Waals surface area contributed by atoms with Gasteiger partial charge in [0.25, 0.3) is 0 Å². The normalized spacial score (nSPS) is 16.8. The van der Waals surface area contributed by atoms with E-state index in [1.165, 1.54) is 5.56 Å². The van der Waals surface area contributed by atoms with Crippen LogP contribution in [0.5, 0.6) is 0 Å². The first-order valence-corrected chi connectivity index (χ1v) is 8.39. The molecular formula is C19H22N4O2. The molecule has 6 heteroatoms. The Balaban J connectivity index is 1.48. The highest BCUT2D eigenvalue weighted by Crippen LogP contribution is 2.15. The van der Waals surface area contributed by atoms with Gasteiger partial charge >= 0.3 is 6.03 Å². The van der Waals surface area contributed by atoms with Crippen molar-refractivity contribution in [2.75, 3.05) is 6.54 Å². The molecule has 2 N–H and O–H groups in total. The molecule has 6 nitrogen and oxygen atoms in total. The van der Waals surface area contributed by atoms with E-state index in [1.807, 2.05) is 43.3 Å². The summed E-state index contributed by atoms with van der Waals surface area (Å²) in [5.74, 6) is -0.0305. The average Bonchev–Trinajstić information content (AvgIpc) is 2.96. The second kappa shape index (κ2) is 7.79. The molecule has 1 aliphatic heterocycles. The van der Waals surface area contributed by atoms with E-state index in [4.69, 9.17) is 0 Å². The maximum absolute atomic E-state index is 12.5. The Morgan fingerprint density at radius 2 is 2.04 bits per heavy atom. The Morgan fingerprint density at radius 3 is 2.76 bits per heavy atom. The minimum atomic E-state index is -0.459. The maximum atomic E-state index is 12.5. The molecule has 1 saturated heterocycles. The quantitative estimate of drug-likeness (QED) is 0.875. The van der Waals surface area contributed by atoms with E-state index in [2.05, 4.69) is 15.6 Å². The van der Waals surface area contributed by atoms with Gasteiger partial charge in [-0.05, 0) is 30.5 Å². The van der Waals surface area contributed by atoms with Crippen LogP contribution in [0.1, 0.15) is 23.1 Å². The fourth-order valence-corrected chi connectivity index (χ4v) is 2.84. The summed E-state index contributed by atoms with van der Waals surface area (Å²) >= 11 is 0. The van der Waals surface area contributed by atoms with Crippen molar-refractivity contribution in [3.63, 3.8) is 0 Å². The molecule has 1 aromatic carbocycles. The van der Waals surface area contributed by atoms with Gasteiger partial charge in [0.15, 0.2) is 0 Å². The zero-order valence-corrected chi connectivity index (χ0v) is 14.2. The van der Waals surface area contributed by atoms with Crippen LogP contribution in [0, 0.1) is 6.92 Å². The molecule has 2 aromatic rings. The van der Waals surface area contributed by atoms with Crippen LogP contribution in [-0.2, 0) is 17.9 Å². The van der Waals surface area contributed by atoms with E-state index in [-0.39, 0.29) is 11.9 Å². The Bertz CT molecular complexity index is 731. The number of likely N-dealkylation sites (tertiary alicyclic amines) is 1. The Kier molecular flexibility index (Phi) is 5.28. The van der Waals surface area contributed by atoms with Gasteiger partial charge in [0, 0.05) is 32.0 Å². The van der Waals surface area contributed by atoms with E-state index in [1.54, 1.807) is 17.3 Å². The molecule has 0 spiro atoms. The molecule has 1 atom stereocenters. The van der Waals surface area contributed by atoms with Gasteiger partial charge in [-0.15, -0.1) is 0 Å². The number of carbonyl (C=O) groups is 2. The lowest BCUT2D eigenvalue weighted by Crippen LogP contribution is -2.45. The van der Waals surface area contributed by atoms with Crippen LogP contribution >= 0.6 is 0 Å². The summed E-state index contributed by atoms with van der Waals surface area (Å²) in [5.41, 5.74) is 3.21. The van der Waals surface area contributed by atoms with Crippen molar-refractivity contribution >= 4 is 11.9 Å². The molecule has 3 rings (SSSR count). The lowest BCUT2D eigenvalue weighted by atomic mass is 10.1. The van der Waals surface area contributed by atoms with Crippen LogP contribution in [0.4, 0.5) is 4.79 Å². The molecule has 1 aliphatic rings. The van der Waals surface area contributed by atoms with Crippen molar-refractivity contribution in [1.29, 1.82) is 0 Å². The third-order valence-corrected chi connectivity index (χ3v) is 4.27. The van der Waals surface area contributed by atoms with Crippen molar-refractivity contribution in [2.24, 2.45) is 0 Å². The molecule has 0 radical (unpaired) electrons. The number of aryl methyl sites for hydroxylation is 1. The fraction of sp³-hybridized carbons (Fsp3) is 0.316. The van der Waals surface area contributed by atoms with Gasteiger partial charge in [-0.1, -0.05) is 35.9 Å². The highest BCUT2D eigenvalue weighted by molar-refractivity contribution is 5.88. The van der Waals surface area contributed by atoms with Crippen molar-refractivity contribution in [3.8, 4) is 0 Å². The molecule has 130 valence electrons. The van der Waals surface area contributed by atoms with Gasteiger partial charge in [-0.25, -0.2) is 4.79 Å². The molecule has 25 heavy (non-hydrogen) atoms. The van der Waals surface area contributed by atoms with Crippen LogP contribution < -0.4 is 10.6 Å². The number of nitrogens with zero attached hydrogens (tertiary/aromatic N) is 2. The van der Waals surface area contributed by atoms with Crippen LogP contribution in [0.2, 0.25) is 0 Å². The highest BCUT2D eigenvalue weighted by atomic mass is 16.2. The SMILES string of the molecule is Cc1ccc(CN2CCC(NC(=O)NCc3cccnc3)C2=O)cc1. The Labute approximate surface area is 147 Å². The lowest BCUT2D eigenvalue weighted by Gasteiger charge is -2.17. The van der Waals surface area contributed by atoms with Gasteiger partial charge in [-0.3, -0.25) is 9.78 Å². The molecule has 1 aromatic heterocycles. The second-order valence-electron chi connectivity index (χ2n) is 6.27. The van der Waals surface area contributed by atoms with Crippen LogP contribution in [0.3, 0.4) is 0 Å². The maximum Gasteiger partial charge on any atom is 0.315 e. The summed E-state index contributed by atoms with van der Waals surface area (Å²) in [6, 6.07) is 11.1. The number of hydrogen-bond acceptors (Lipinski definition) is 3. The number of rotatable bonds is 5. The van der Waals surface area contributed by atoms with Gasteiger partial charge in [0.05, 0.1) is 0 Å². The number of pyridine rings is 1. The molecule has 1 fully saturated rings. The van der Waals surface area contributed by atoms with Crippen LogP contribution in [0.15, 0.2) is 48.8 Å². The summed E-state index contributed by atoms with van der Waals surface area (Å²) in [5, 5.41) is 5.52. The summed E-state index contributed by atoms with van der Waals surface area (Å²) in [6.45, 7) is 3.65. The standard InChI is InChI=1S/C19H22N4O2/c1-14-4-6-15(7-5-14)13-23-10-8-17(18(23)24)22-19(25)21-12-16-3-2-9-20-11-16/h2-7,9,11,17H,8,10,12-13H2,1H3,(H2,21,22,25). The first-order valence-electron chi connectivity index (χ1n) is 8.39. The molecule has 1 unspecified atom stereocenters. The Hall–Kier alpha value is -2.89. The number of benzene rings is 1. The molecular weight excluding hydrogens is 316 g/mol. The number of urea groups is 1. The van der Waals surface area contributed by atoms with Crippen LogP contribution in [-0.4, -0.2) is 34.4 Å². The van der Waals surface area contributed by atoms with E-state index < -0.39 is 6.04 Å². The smallest absolute Gasteiger partial charge is 0.315 e. The topological polar surface area (TPSA) is 74.3 Å². The molecule has 2 heterocycles. The summed E-state index contributed by atoms with van der Waals surface area (Å²) < 4.78 is 0. The molecule has 0 aliphatic carbocycles. The first kappa shape index (κ1) is 17.0. The number of amides is 3. The summed E-state index contributed by atoms with van der Waals surface area (Å²) in [7, 11) is 0. The number of aromatic nitrogens is 1. The predicted octanol–water partition coefficient (Wildman–Crippen LogP) is 1.99. The van der Waals surface area contributed by atoms with Crippen molar-refractivity contribution in [3.05, 3.63) is 65.5 Å². The lowest BCUT2D eigenvalue weighted by molar-refractivity contribution is -0.129. The van der Waals surface area contributed by atoms with Crippen molar-refractivity contribution in [1.82, 2.24) is 20.5 Å². The number of carbonyl (C=O) groups excluding carboxylic acids is 2. The zero-order chi connectivity index (χ0) is 17.6. The monoisotopic (exact) mass is 338 g/mol. The summed E-state index contributed by atoms with van der Waals surface area (Å²) in [6.07, 6.45) is 4.01. The third-order valence-electron chi connectivity index (χ3n) is 4.27. The Morgan fingerprint density at radius 1 is 1.24 bits per heavy atom. The molecule has 0 saturated carbocycles.